The zero-order valence-electron chi connectivity index (χ0n) is 12.6. The molecule has 0 aliphatic rings. The lowest BCUT2D eigenvalue weighted by Crippen LogP contribution is -2.46. The van der Waals surface area contributed by atoms with Crippen LogP contribution in [0, 0.1) is 5.82 Å². The van der Waals surface area contributed by atoms with Crippen molar-refractivity contribution in [3.63, 3.8) is 0 Å². The molecule has 0 aliphatic carbocycles. The molecule has 0 saturated heterocycles. The predicted molar refractivity (Wildman–Crippen MR) is 84.7 cm³/mol. The fourth-order valence-corrected chi connectivity index (χ4v) is 1.96. The number of halogens is 1. The Morgan fingerprint density at radius 1 is 1.09 bits per heavy atom. The van der Waals surface area contributed by atoms with Gasteiger partial charge < -0.3 is 10.1 Å². The number of carbonyl (C=O) groups excluding carboxylic acids is 2. The minimum absolute atomic E-state index is 0.110. The number of hydrogen-bond donors (Lipinski definition) is 2. The van der Waals surface area contributed by atoms with Crippen molar-refractivity contribution in [1.29, 1.82) is 0 Å². The van der Waals surface area contributed by atoms with Crippen LogP contribution in [0.2, 0.25) is 0 Å². The van der Waals surface area contributed by atoms with Gasteiger partial charge in [0.05, 0.1) is 12.3 Å². The van der Waals surface area contributed by atoms with Crippen molar-refractivity contribution in [3.8, 4) is 0 Å². The summed E-state index contributed by atoms with van der Waals surface area (Å²) in [7, 11) is 0. The number of ether oxygens (including phenoxy) is 1. The summed E-state index contributed by atoms with van der Waals surface area (Å²) < 4.78 is 18.6. The van der Waals surface area contributed by atoms with Crippen molar-refractivity contribution in [3.05, 3.63) is 66.0 Å². The molecule has 1 unspecified atom stereocenters. The van der Waals surface area contributed by atoms with Gasteiger partial charge >= 0.3 is 6.09 Å². The Hall–Kier alpha value is -2.89. The number of amides is 1. The molecular formula is C17H17FN2O3. The second-order valence-corrected chi connectivity index (χ2v) is 4.65. The van der Waals surface area contributed by atoms with Gasteiger partial charge in [-0.05, 0) is 19.1 Å². The molecule has 0 fully saturated rings. The van der Waals surface area contributed by atoms with Crippen molar-refractivity contribution >= 4 is 17.6 Å². The first kappa shape index (κ1) is 16.5. The molecule has 1 amide bonds. The van der Waals surface area contributed by atoms with Crippen LogP contribution in [0.15, 0.2) is 54.6 Å². The zero-order chi connectivity index (χ0) is 16.7. The summed E-state index contributed by atoms with van der Waals surface area (Å²) in [6, 6.07) is 14.3. The van der Waals surface area contributed by atoms with Gasteiger partial charge in [-0.2, -0.15) is 0 Å². The third-order valence-corrected chi connectivity index (χ3v) is 3.03. The van der Waals surface area contributed by atoms with Gasteiger partial charge in [-0.15, -0.1) is 0 Å². The van der Waals surface area contributed by atoms with Crippen LogP contribution in [0.4, 0.5) is 14.9 Å². The lowest BCUT2D eigenvalue weighted by atomic mass is 10.1. The van der Waals surface area contributed by atoms with Gasteiger partial charge in [0.2, 0.25) is 5.78 Å². The summed E-state index contributed by atoms with van der Waals surface area (Å²) in [4.78, 5) is 24.2. The molecule has 2 aromatic carbocycles. The van der Waals surface area contributed by atoms with E-state index in [1.54, 1.807) is 43.3 Å². The summed E-state index contributed by atoms with van der Waals surface area (Å²) in [6.07, 6.45) is -1.90. The molecule has 6 heteroatoms. The number of para-hydroxylation sites is 1. The Kier molecular flexibility index (Phi) is 5.68. The molecule has 2 rings (SSSR count). The molecule has 120 valence electrons. The predicted octanol–water partition coefficient (Wildman–Crippen LogP) is 3.19. The van der Waals surface area contributed by atoms with Gasteiger partial charge in [0.25, 0.3) is 0 Å². The second-order valence-electron chi connectivity index (χ2n) is 4.65. The molecule has 2 aromatic rings. The van der Waals surface area contributed by atoms with Gasteiger partial charge in [0.15, 0.2) is 6.17 Å². The van der Waals surface area contributed by atoms with Gasteiger partial charge in [0, 0.05) is 5.56 Å². The SMILES string of the molecule is CCOC(=O)NC(Nc1ccccc1F)C(=O)c1ccccc1. The van der Waals surface area contributed by atoms with Crippen LogP contribution in [0.1, 0.15) is 17.3 Å². The van der Waals surface area contributed by atoms with Crippen LogP contribution in [0.3, 0.4) is 0 Å². The Morgan fingerprint density at radius 3 is 2.39 bits per heavy atom. The highest BCUT2D eigenvalue weighted by atomic mass is 19.1. The summed E-state index contributed by atoms with van der Waals surface area (Å²) in [5.41, 5.74) is 0.497. The average molecular weight is 316 g/mol. The van der Waals surface area contributed by atoms with Gasteiger partial charge in [-0.1, -0.05) is 42.5 Å². The molecule has 0 heterocycles. The van der Waals surface area contributed by atoms with Crippen LogP contribution >= 0.6 is 0 Å². The third kappa shape index (κ3) is 4.54. The zero-order valence-corrected chi connectivity index (χ0v) is 12.6. The van der Waals surface area contributed by atoms with Crippen molar-refractivity contribution in [2.75, 3.05) is 11.9 Å². The number of rotatable bonds is 6. The highest BCUT2D eigenvalue weighted by Crippen LogP contribution is 2.15. The lowest BCUT2D eigenvalue weighted by molar-refractivity contribution is 0.0938. The standard InChI is InChI=1S/C17H17FN2O3/c1-2-23-17(22)20-16(15(21)12-8-4-3-5-9-12)19-14-11-7-6-10-13(14)18/h3-11,16,19H,2H2,1H3,(H,20,22). The monoisotopic (exact) mass is 316 g/mol. The Balaban J connectivity index is 2.23. The smallest absolute Gasteiger partial charge is 0.409 e. The normalized spacial score (nSPS) is 11.4. The van der Waals surface area contributed by atoms with Crippen LogP contribution in [-0.2, 0) is 4.74 Å². The fourth-order valence-electron chi connectivity index (χ4n) is 1.96. The maximum atomic E-state index is 13.8. The van der Waals surface area contributed by atoms with E-state index in [-0.39, 0.29) is 12.3 Å². The first-order valence-corrected chi connectivity index (χ1v) is 7.15. The van der Waals surface area contributed by atoms with E-state index in [4.69, 9.17) is 4.74 Å². The number of ketones is 1. The van der Waals surface area contributed by atoms with E-state index in [9.17, 15) is 14.0 Å². The molecule has 0 radical (unpaired) electrons. The second kappa shape index (κ2) is 7.93. The summed E-state index contributed by atoms with van der Waals surface area (Å²) in [6.45, 7) is 1.82. The van der Waals surface area contributed by atoms with Crippen LogP contribution in [0.25, 0.3) is 0 Å². The lowest BCUT2D eigenvalue weighted by Gasteiger charge is -2.20. The van der Waals surface area contributed by atoms with Gasteiger partial charge in [-0.3, -0.25) is 10.1 Å². The van der Waals surface area contributed by atoms with E-state index in [2.05, 4.69) is 10.6 Å². The first-order valence-electron chi connectivity index (χ1n) is 7.15. The minimum Gasteiger partial charge on any atom is -0.450 e. The van der Waals surface area contributed by atoms with E-state index in [1.807, 2.05) is 0 Å². The van der Waals surface area contributed by atoms with Gasteiger partial charge in [-0.25, -0.2) is 9.18 Å². The number of alkyl carbamates (subject to hydrolysis) is 1. The van der Waals surface area contributed by atoms with E-state index in [0.29, 0.717) is 5.56 Å². The molecule has 0 bridgehead atoms. The Morgan fingerprint density at radius 2 is 1.74 bits per heavy atom. The first-order chi connectivity index (χ1) is 11.1. The topological polar surface area (TPSA) is 67.4 Å². The minimum atomic E-state index is -1.15. The van der Waals surface area contributed by atoms with Crippen molar-refractivity contribution in [2.45, 2.75) is 13.1 Å². The Labute approximate surface area is 133 Å². The molecule has 0 aromatic heterocycles. The molecular weight excluding hydrogens is 299 g/mol. The molecule has 23 heavy (non-hydrogen) atoms. The summed E-state index contributed by atoms with van der Waals surface area (Å²) in [5, 5.41) is 5.10. The molecule has 5 nitrogen and oxygen atoms in total. The molecule has 0 saturated carbocycles. The Bertz CT molecular complexity index is 677. The van der Waals surface area contributed by atoms with Crippen molar-refractivity contribution in [2.24, 2.45) is 0 Å². The summed E-state index contributed by atoms with van der Waals surface area (Å²) >= 11 is 0. The number of anilines is 1. The highest BCUT2D eigenvalue weighted by molar-refractivity contribution is 6.02. The quantitative estimate of drug-likeness (QED) is 0.634. The number of benzene rings is 2. The van der Waals surface area contributed by atoms with E-state index < -0.39 is 23.9 Å². The van der Waals surface area contributed by atoms with E-state index in [1.165, 1.54) is 18.2 Å². The maximum absolute atomic E-state index is 13.8. The highest BCUT2D eigenvalue weighted by Gasteiger charge is 2.23. The fraction of sp³-hybridized carbons (Fsp3) is 0.176. The summed E-state index contributed by atoms with van der Waals surface area (Å²) in [5.74, 6) is -0.925. The van der Waals surface area contributed by atoms with Crippen molar-refractivity contribution in [1.82, 2.24) is 5.32 Å². The van der Waals surface area contributed by atoms with E-state index in [0.717, 1.165) is 0 Å². The average Bonchev–Trinajstić information content (AvgIpc) is 2.56. The number of nitrogens with one attached hydrogen (secondary N) is 2. The number of carbonyl (C=O) groups is 2. The van der Waals surface area contributed by atoms with Gasteiger partial charge in [0.1, 0.15) is 5.82 Å². The van der Waals surface area contributed by atoms with E-state index >= 15 is 0 Å². The number of hydrogen-bond acceptors (Lipinski definition) is 4. The van der Waals surface area contributed by atoms with Crippen LogP contribution < -0.4 is 10.6 Å². The molecule has 0 spiro atoms. The molecule has 0 aliphatic heterocycles. The third-order valence-electron chi connectivity index (χ3n) is 3.03. The molecule has 2 N–H and O–H groups in total. The molecule has 1 atom stereocenters. The maximum Gasteiger partial charge on any atom is 0.409 e. The number of Topliss-reactive ketones (excluding diaryl/α,β-unsaturated/α-hetero) is 1. The van der Waals surface area contributed by atoms with Crippen molar-refractivity contribution < 1.29 is 18.7 Å². The largest absolute Gasteiger partial charge is 0.450 e. The van der Waals surface area contributed by atoms with Crippen LogP contribution in [-0.4, -0.2) is 24.6 Å². The van der Waals surface area contributed by atoms with Crippen LogP contribution in [0.5, 0.6) is 0 Å².